The number of nitrogens with one attached hydrogen (secondary N) is 1. The third kappa shape index (κ3) is 4.70. The predicted octanol–water partition coefficient (Wildman–Crippen LogP) is 2.48. The van der Waals surface area contributed by atoms with Crippen molar-refractivity contribution in [1.82, 2.24) is 5.32 Å². The third-order valence-electron chi connectivity index (χ3n) is 3.27. The molecular formula is C17H19NO3S. The Morgan fingerprint density at radius 3 is 2.45 bits per heavy atom. The molecule has 0 saturated carbocycles. The van der Waals surface area contributed by atoms with Crippen molar-refractivity contribution in [3.8, 4) is 0 Å². The smallest absolute Gasteiger partial charge is 0.221 e. The van der Waals surface area contributed by atoms with Crippen LogP contribution in [0.4, 0.5) is 0 Å². The molecule has 0 unspecified atom stereocenters. The molecule has 22 heavy (non-hydrogen) atoms. The van der Waals surface area contributed by atoms with E-state index in [-0.39, 0.29) is 23.0 Å². The SMILES string of the molecule is Cc1cccc(CNC(=O)CCS(=O)(=O)c2ccccc2)c1. The standard InChI is InChI=1S/C17H19NO3S/c1-14-6-5-7-15(12-14)13-18-17(19)10-11-22(20,21)16-8-3-2-4-9-16/h2-9,12H,10-11,13H2,1H3,(H,18,19). The lowest BCUT2D eigenvalue weighted by molar-refractivity contribution is -0.120. The fourth-order valence-corrected chi connectivity index (χ4v) is 3.35. The summed E-state index contributed by atoms with van der Waals surface area (Å²) in [6.07, 6.45) is -0.0386. The molecule has 0 aromatic heterocycles. The number of amides is 1. The van der Waals surface area contributed by atoms with Gasteiger partial charge >= 0.3 is 0 Å². The van der Waals surface area contributed by atoms with Gasteiger partial charge in [0.1, 0.15) is 0 Å². The highest BCUT2D eigenvalue weighted by Crippen LogP contribution is 2.11. The Labute approximate surface area is 131 Å². The van der Waals surface area contributed by atoms with Crippen LogP contribution < -0.4 is 5.32 Å². The van der Waals surface area contributed by atoms with Crippen LogP contribution in [-0.4, -0.2) is 20.1 Å². The first-order valence-corrected chi connectivity index (χ1v) is 8.73. The molecule has 0 aliphatic heterocycles. The van der Waals surface area contributed by atoms with Gasteiger partial charge in [-0.1, -0.05) is 48.0 Å². The van der Waals surface area contributed by atoms with E-state index in [9.17, 15) is 13.2 Å². The van der Waals surface area contributed by atoms with Gasteiger partial charge in [-0.3, -0.25) is 4.79 Å². The van der Waals surface area contributed by atoms with Crippen molar-refractivity contribution < 1.29 is 13.2 Å². The Balaban J connectivity index is 1.85. The van der Waals surface area contributed by atoms with Crippen LogP contribution in [0.2, 0.25) is 0 Å². The number of benzene rings is 2. The van der Waals surface area contributed by atoms with E-state index in [2.05, 4.69) is 5.32 Å². The molecule has 0 aliphatic carbocycles. The molecule has 2 aromatic carbocycles. The van der Waals surface area contributed by atoms with Gasteiger partial charge in [-0.2, -0.15) is 0 Å². The monoisotopic (exact) mass is 317 g/mol. The molecule has 0 bridgehead atoms. The molecule has 116 valence electrons. The van der Waals surface area contributed by atoms with Crippen LogP contribution in [0.15, 0.2) is 59.5 Å². The maximum atomic E-state index is 12.1. The highest BCUT2D eigenvalue weighted by molar-refractivity contribution is 7.91. The Kier molecular flexibility index (Phi) is 5.33. The first kappa shape index (κ1) is 16.2. The van der Waals surface area contributed by atoms with Crippen molar-refractivity contribution >= 4 is 15.7 Å². The summed E-state index contributed by atoms with van der Waals surface area (Å²) in [5.74, 6) is -0.447. The van der Waals surface area contributed by atoms with Crippen LogP contribution in [0.25, 0.3) is 0 Å². The second-order valence-corrected chi connectivity index (χ2v) is 7.26. The minimum Gasteiger partial charge on any atom is -0.352 e. The van der Waals surface area contributed by atoms with Crippen LogP contribution in [0.3, 0.4) is 0 Å². The lowest BCUT2D eigenvalue weighted by Gasteiger charge is -2.07. The third-order valence-corrected chi connectivity index (χ3v) is 5.00. The average molecular weight is 317 g/mol. The zero-order valence-electron chi connectivity index (χ0n) is 12.5. The molecule has 0 radical (unpaired) electrons. The largest absolute Gasteiger partial charge is 0.352 e. The summed E-state index contributed by atoms with van der Waals surface area (Å²) in [5.41, 5.74) is 2.12. The van der Waals surface area contributed by atoms with E-state index < -0.39 is 9.84 Å². The fraction of sp³-hybridized carbons (Fsp3) is 0.235. The molecule has 5 heteroatoms. The van der Waals surface area contributed by atoms with Crippen LogP contribution in [0, 0.1) is 6.92 Å². The average Bonchev–Trinajstić information content (AvgIpc) is 2.52. The molecule has 0 fully saturated rings. The summed E-state index contributed by atoms with van der Waals surface area (Å²) in [6.45, 7) is 2.39. The number of hydrogen-bond acceptors (Lipinski definition) is 3. The number of rotatable bonds is 6. The first-order valence-electron chi connectivity index (χ1n) is 7.07. The number of carbonyl (C=O) groups is 1. The van der Waals surface area contributed by atoms with E-state index in [1.54, 1.807) is 30.3 Å². The van der Waals surface area contributed by atoms with Gasteiger partial charge in [0.2, 0.25) is 5.91 Å². The summed E-state index contributed by atoms with van der Waals surface area (Å²) in [4.78, 5) is 12.1. The van der Waals surface area contributed by atoms with Gasteiger partial charge in [-0.15, -0.1) is 0 Å². The van der Waals surface area contributed by atoms with E-state index in [1.165, 1.54) is 0 Å². The molecule has 0 heterocycles. The van der Waals surface area contributed by atoms with Gasteiger partial charge in [0.05, 0.1) is 10.6 Å². The van der Waals surface area contributed by atoms with E-state index >= 15 is 0 Å². The second-order valence-electron chi connectivity index (χ2n) is 5.15. The van der Waals surface area contributed by atoms with Crippen LogP contribution in [-0.2, 0) is 21.2 Å². The molecule has 2 aromatic rings. The number of hydrogen-bond donors (Lipinski definition) is 1. The molecule has 0 atom stereocenters. The fourth-order valence-electron chi connectivity index (χ4n) is 2.08. The summed E-state index contributed by atoms with van der Waals surface area (Å²) in [5, 5.41) is 2.75. The van der Waals surface area contributed by atoms with Crippen molar-refractivity contribution in [2.45, 2.75) is 24.8 Å². The van der Waals surface area contributed by atoms with E-state index in [0.29, 0.717) is 6.54 Å². The number of aryl methyl sites for hydroxylation is 1. The Morgan fingerprint density at radius 2 is 1.77 bits per heavy atom. The van der Waals surface area contributed by atoms with Crippen LogP contribution >= 0.6 is 0 Å². The second kappa shape index (κ2) is 7.22. The maximum absolute atomic E-state index is 12.1. The van der Waals surface area contributed by atoms with Gasteiger partial charge in [0.25, 0.3) is 0 Å². The summed E-state index contributed by atoms with van der Waals surface area (Å²) in [6, 6.07) is 16.0. The van der Waals surface area contributed by atoms with Gasteiger partial charge in [-0.05, 0) is 24.6 Å². The molecule has 0 spiro atoms. The van der Waals surface area contributed by atoms with Crippen molar-refractivity contribution in [3.05, 3.63) is 65.7 Å². The van der Waals surface area contributed by atoms with Gasteiger partial charge in [-0.25, -0.2) is 8.42 Å². The maximum Gasteiger partial charge on any atom is 0.221 e. The molecule has 0 saturated heterocycles. The van der Waals surface area contributed by atoms with Crippen LogP contribution in [0.5, 0.6) is 0 Å². The van der Waals surface area contributed by atoms with Crippen molar-refractivity contribution in [2.75, 3.05) is 5.75 Å². The molecule has 4 nitrogen and oxygen atoms in total. The van der Waals surface area contributed by atoms with Crippen molar-refractivity contribution in [3.63, 3.8) is 0 Å². The quantitative estimate of drug-likeness (QED) is 0.890. The molecule has 1 N–H and O–H groups in total. The zero-order valence-corrected chi connectivity index (χ0v) is 13.3. The van der Waals surface area contributed by atoms with Gasteiger partial charge in [0, 0.05) is 13.0 Å². The predicted molar refractivity (Wildman–Crippen MR) is 86.1 cm³/mol. The summed E-state index contributed by atoms with van der Waals surface area (Å²) in [7, 11) is -3.41. The lowest BCUT2D eigenvalue weighted by atomic mass is 10.1. The highest BCUT2D eigenvalue weighted by Gasteiger charge is 2.15. The molecular weight excluding hydrogens is 298 g/mol. The van der Waals surface area contributed by atoms with Crippen molar-refractivity contribution in [1.29, 1.82) is 0 Å². The molecule has 0 aliphatic rings. The highest BCUT2D eigenvalue weighted by atomic mass is 32.2. The topological polar surface area (TPSA) is 63.2 Å². The van der Waals surface area contributed by atoms with Crippen LogP contribution in [0.1, 0.15) is 17.5 Å². The van der Waals surface area contributed by atoms with E-state index in [4.69, 9.17) is 0 Å². The van der Waals surface area contributed by atoms with Gasteiger partial charge < -0.3 is 5.32 Å². The van der Waals surface area contributed by atoms with Gasteiger partial charge in [0.15, 0.2) is 9.84 Å². The zero-order chi connectivity index (χ0) is 16.0. The summed E-state index contributed by atoms with van der Waals surface area (Å²) < 4.78 is 24.2. The van der Waals surface area contributed by atoms with Crippen molar-refractivity contribution in [2.24, 2.45) is 0 Å². The molecule has 1 amide bonds. The van der Waals surface area contributed by atoms with E-state index in [0.717, 1.165) is 11.1 Å². The normalized spacial score (nSPS) is 11.1. The first-order chi connectivity index (χ1) is 10.5. The Bertz CT molecular complexity index is 740. The minimum atomic E-state index is -3.41. The Morgan fingerprint density at radius 1 is 1.05 bits per heavy atom. The number of carbonyl (C=O) groups excluding carboxylic acids is 1. The van der Waals surface area contributed by atoms with E-state index in [1.807, 2.05) is 31.2 Å². The Hall–Kier alpha value is -2.14. The lowest BCUT2D eigenvalue weighted by Crippen LogP contribution is -2.25. The number of sulfone groups is 1. The molecule has 2 rings (SSSR count). The minimum absolute atomic E-state index is 0.0386. The summed E-state index contributed by atoms with van der Waals surface area (Å²) >= 11 is 0.